The predicted molar refractivity (Wildman–Crippen MR) is 134 cm³/mol. The quantitative estimate of drug-likeness (QED) is 0.236. The van der Waals surface area contributed by atoms with E-state index in [1.807, 2.05) is 0 Å². The van der Waals surface area contributed by atoms with Gasteiger partial charge < -0.3 is 31.3 Å². The Hall–Kier alpha value is -4.60. The van der Waals surface area contributed by atoms with Crippen molar-refractivity contribution in [3.63, 3.8) is 0 Å². The fourth-order valence-electron chi connectivity index (χ4n) is 4.38. The lowest BCUT2D eigenvalue weighted by molar-refractivity contribution is -0.137. The van der Waals surface area contributed by atoms with Gasteiger partial charge in [-0.15, -0.1) is 0 Å². The molecule has 4 atom stereocenters. The molecule has 2 amide bonds. The van der Waals surface area contributed by atoms with E-state index in [1.54, 1.807) is 0 Å². The standard InChI is InChI=1S/C25H22F3N7O5/c26-25(27,28)14-7-3-1-5-12(14)23(39)34-15-8-4-2-6-13(15)22(38)30-9-16-18(36)19(37)24(40-16)35-11-33-17-20(29)31-10-32-21(17)35/h1-8,10-11,16,18-19,24,36-37H,9H2,(H,30,38)(H,34,39)(H2,29,31,32). The topological polar surface area (TPSA) is 178 Å². The van der Waals surface area contributed by atoms with E-state index in [2.05, 4.69) is 25.6 Å². The third-order valence-corrected chi connectivity index (χ3v) is 6.36. The fourth-order valence-corrected chi connectivity index (χ4v) is 4.38. The van der Waals surface area contributed by atoms with Crippen molar-refractivity contribution in [2.24, 2.45) is 0 Å². The number of nitrogens with two attached hydrogens (primary N) is 1. The van der Waals surface area contributed by atoms with Gasteiger partial charge in [-0.25, -0.2) is 15.0 Å². The molecular formula is C25H22F3N7O5. The molecule has 1 fully saturated rings. The van der Waals surface area contributed by atoms with Crippen LogP contribution in [0.3, 0.4) is 0 Å². The molecule has 0 bridgehead atoms. The number of para-hydroxylation sites is 1. The van der Waals surface area contributed by atoms with Crippen molar-refractivity contribution >= 4 is 34.5 Å². The number of aliphatic hydroxyl groups excluding tert-OH is 2. The summed E-state index contributed by atoms with van der Waals surface area (Å²) in [6.07, 6.45) is -7.18. The van der Waals surface area contributed by atoms with Gasteiger partial charge in [0.1, 0.15) is 30.2 Å². The molecule has 3 heterocycles. The van der Waals surface area contributed by atoms with Crippen molar-refractivity contribution in [3.8, 4) is 0 Å². The molecule has 4 unspecified atom stereocenters. The molecule has 4 aromatic rings. The van der Waals surface area contributed by atoms with E-state index in [9.17, 15) is 33.0 Å². The van der Waals surface area contributed by atoms with E-state index in [0.29, 0.717) is 0 Å². The highest BCUT2D eigenvalue weighted by molar-refractivity contribution is 6.09. The Labute approximate surface area is 223 Å². The highest BCUT2D eigenvalue weighted by atomic mass is 19.4. The Bertz CT molecular complexity index is 1580. The molecule has 0 aliphatic carbocycles. The first-order chi connectivity index (χ1) is 19.1. The first-order valence-corrected chi connectivity index (χ1v) is 11.9. The van der Waals surface area contributed by atoms with E-state index in [1.165, 1.54) is 53.6 Å². The molecule has 12 nitrogen and oxygen atoms in total. The summed E-state index contributed by atoms with van der Waals surface area (Å²) in [6, 6.07) is 10.0. The molecule has 208 valence electrons. The van der Waals surface area contributed by atoms with Gasteiger partial charge in [0.25, 0.3) is 11.8 Å². The van der Waals surface area contributed by atoms with Gasteiger partial charge in [-0.05, 0) is 24.3 Å². The highest BCUT2D eigenvalue weighted by Gasteiger charge is 2.44. The first kappa shape index (κ1) is 27.0. The summed E-state index contributed by atoms with van der Waals surface area (Å²) in [7, 11) is 0. The third kappa shape index (κ3) is 5.04. The zero-order valence-electron chi connectivity index (χ0n) is 20.4. The number of hydrogen-bond donors (Lipinski definition) is 5. The molecule has 0 spiro atoms. The van der Waals surface area contributed by atoms with Gasteiger partial charge in [-0.2, -0.15) is 13.2 Å². The summed E-state index contributed by atoms with van der Waals surface area (Å²) < 4.78 is 47.3. The number of hydrogen-bond acceptors (Lipinski definition) is 9. The number of imidazole rings is 1. The maximum absolute atomic E-state index is 13.4. The number of nitrogen functional groups attached to an aromatic ring is 1. The van der Waals surface area contributed by atoms with E-state index in [-0.39, 0.29) is 34.8 Å². The molecule has 1 aliphatic heterocycles. The number of anilines is 2. The molecule has 5 rings (SSSR count). The molecule has 1 aliphatic rings. The van der Waals surface area contributed by atoms with E-state index in [0.717, 1.165) is 12.1 Å². The molecule has 15 heteroatoms. The van der Waals surface area contributed by atoms with Gasteiger partial charge in [-0.1, -0.05) is 24.3 Å². The van der Waals surface area contributed by atoms with Crippen molar-refractivity contribution in [2.45, 2.75) is 30.7 Å². The number of fused-ring (bicyclic) bond motifs is 1. The Morgan fingerprint density at radius 1 is 0.975 bits per heavy atom. The van der Waals surface area contributed by atoms with Crippen LogP contribution in [0.4, 0.5) is 24.7 Å². The summed E-state index contributed by atoms with van der Waals surface area (Å²) in [4.78, 5) is 37.7. The Morgan fingerprint density at radius 2 is 1.68 bits per heavy atom. The summed E-state index contributed by atoms with van der Waals surface area (Å²) in [5.41, 5.74) is 4.54. The average Bonchev–Trinajstić information content (AvgIpc) is 3.48. The lowest BCUT2D eigenvalue weighted by Crippen LogP contribution is -2.40. The summed E-state index contributed by atoms with van der Waals surface area (Å²) in [5.74, 6) is -1.64. The van der Waals surface area contributed by atoms with Crippen molar-refractivity contribution < 1.29 is 37.7 Å². The zero-order chi connectivity index (χ0) is 28.6. The molecule has 0 saturated carbocycles. The second-order valence-corrected chi connectivity index (χ2v) is 8.88. The minimum Gasteiger partial charge on any atom is -0.387 e. The third-order valence-electron chi connectivity index (χ3n) is 6.36. The zero-order valence-corrected chi connectivity index (χ0v) is 20.4. The Kier molecular flexibility index (Phi) is 7.10. The van der Waals surface area contributed by atoms with Crippen LogP contribution in [0.15, 0.2) is 61.2 Å². The summed E-state index contributed by atoms with van der Waals surface area (Å²) in [6.45, 7) is -0.253. The minimum atomic E-state index is -4.75. The highest BCUT2D eigenvalue weighted by Crippen LogP contribution is 2.33. The number of ether oxygens (including phenoxy) is 1. The summed E-state index contributed by atoms with van der Waals surface area (Å²) >= 11 is 0. The number of carbonyl (C=O) groups excluding carboxylic acids is 2. The van der Waals surface area contributed by atoms with Crippen molar-refractivity contribution in [2.75, 3.05) is 17.6 Å². The van der Waals surface area contributed by atoms with E-state index in [4.69, 9.17) is 10.5 Å². The van der Waals surface area contributed by atoms with Crippen LogP contribution >= 0.6 is 0 Å². The van der Waals surface area contributed by atoms with E-state index < -0.39 is 53.7 Å². The van der Waals surface area contributed by atoms with Crippen LogP contribution in [0, 0.1) is 0 Å². The number of amides is 2. The first-order valence-electron chi connectivity index (χ1n) is 11.9. The van der Waals surface area contributed by atoms with Gasteiger partial charge in [0.15, 0.2) is 17.7 Å². The smallest absolute Gasteiger partial charge is 0.387 e. The van der Waals surface area contributed by atoms with Gasteiger partial charge in [0.05, 0.1) is 28.7 Å². The van der Waals surface area contributed by atoms with Crippen molar-refractivity contribution in [3.05, 3.63) is 77.9 Å². The van der Waals surface area contributed by atoms with Crippen LogP contribution < -0.4 is 16.4 Å². The second-order valence-electron chi connectivity index (χ2n) is 8.88. The van der Waals surface area contributed by atoms with Crippen LogP contribution in [-0.4, -0.2) is 66.4 Å². The number of nitrogens with one attached hydrogen (secondary N) is 2. The molecule has 40 heavy (non-hydrogen) atoms. The van der Waals surface area contributed by atoms with Gasteiger partial charge >= 0.3 is 6.18 Å². The fraction of sp³-hybridized carbons (Fsp3) is 0.240. The number of aromatic nitrogens is 4. The van der Waals surface area contributed by atoms with Gasteiger partial charge in [-0.3, -0.25) is 14.2 Å². The number of alkyl halides is 3. The number of carbonyl (C=O) groups is 2. The van der Waals surface area contributed by atoms with E-state index >= 15 is 0 Å². The number of benzene rings is 2. The number of rotatable bonds is 6. The molecule has 2 aromatic carbocycles. The lowest BCUT2D eigenvalue weighted by atomic mass is 10.1. The van der Waals surface area contributed by atoms with Gasteiger partial charge in [0.2, 0.25) is 0 Å². The molecular weight excluding hydrogens is 535 g/mol. The Morgan fingerprint density at radius 3 is 2.42 bits per heavy atom. The van der Waals surface area contributed by atoms with Crippen LogP contribution in [0.5, 0.6) is 0 Å². The van der Waals surface area contributed by atoms with Crippen LogP contribution in [0.2, 0.25) is 0 Å². The normalized spacial score (nSPS) is 20.9. The van der Waals surface area contributed by atoms with Crippen LogP contribution in [0.25, 0.3) is 11.2 Å². The maximum Gasteiger partial charge on any atom is 0.417 e. The largest absolute Gasteiger partial charge is 0.417 e. The second kappa shape index (κ2) is 10.5. The molecule has 1 saturated heterocycles. The summed E-state index contributed by atoms with van der Waals surface area (Å²) in [5, 5.41) is 26.1. The number of nitrogens with zero attached hydrogens (tertiary/aromatic N) is 4. The van der Waals surface area contributed by atoms with Crippen LogP contribution in [-0.2, 0) is 10.9 Å². The van der Waals surface area contributed by atoms with Crippen molar-refractivity contribution in [1.29, 1.82) is 0 Å². The van der Waals surface area contributed by atoms with Gasteiger partial charge in [0, 0.05) is 6.54 Å². The SMILES string of the molecule is Nc1ncnc2c1ncn2C1OC(CNC(=O)c2ccccc2NC(=O)c2ccccc2C(F)(F)F)C(O)C1O. The lowest BCUT2D eigenvalue weighted by Gasteiger charge is -2.17. The molecule has 0 radical (unpaired) electrons. The predicted octanol–water partition coefficient (Wildman–Crippen LogP) is 1.73. The minimum absolute atomic E-state index is 0.0325. The van der Waals surface area contributed by atoms with Crippen LogP contribution in [0.1, 0.15) is 32.5 Å². The number of halogens is 3. The van der Waals surface area contributed by atoms with Crippen molar-refractivity contribution in [1.82, 2.24) is 24.8 Å². The maximum atomic E-state index is 13.4. The monoisotopic (exact) mass is 557 g/mol. The average molecular weight is 557 g/mol. The Balaban J connectivity index is 1.29. The molecule has 6 N–H and O–H groups in total. The number of aliphatic hydroxyl groups is 2. The molecule has 2 aromatic heterocycles.